The molecule has 0 saturated heterocycles. The van der Waals surface area contributed by atoms with Gasteiger partial charge in [-0.3, -0.25) is 4.79 Å². The molecule has 1 aromatic rings. The third-order valence-corrected chi connectivity index (χ3v) is 2.98. The average Bonchev–Trinajstić information content (AvgIpc) is 2.55. The second kappa shape index (κ2) is 4.30. The Morgan fingerprint density at radius 3 is 2.65 bits per heavy atom. The molecule has 0 radical (unpaired) electrons. The first kappa shape index (κ1) is 11.2. The molecule has 0 saturated carbocycles. The van der Waals surface area contributed by atoms with Crippen LogP contribution in [0.1, 0.15) is 12.5 Å². The van der Waals surface area contributed by atoms with Crippen LogP contribution in [-0.4, -0.2) is 23.4 Å². The molecule has 1 heterocycles. The highest BCUT2D eigenvalue weighted by molar-refractivity contribution is 6.22. The molecule has 17 heavy (non-hydrogen) atoms. The Morgan fingerprint density at radius 1 is 1.41 bits per heavy atom. The van der Waals surface area contributed by atoms with Gasteiger partial charge in [-0.2, -0.15) is 5.26 Å². The summed E-state index contributed by atoms with van der Waals surface area (Å²) in [4.78, 5) is 13.6. The molecule has 1 aliphatic rings. The molecule has 86 valence electrons. The SMILES string of the molecule is CC1C(N)=C(c2ccccc2)C(=O)N1CC#N. The van der Waals surface area contributed by atoms with E-state index in [4.69, 9.17) is 11.0 Å². The fraction of sp³-hybridized carbons (Fsp3) is 0.231. The number of hydrogen-bond acceptors (Lipinski definition) is 3. The molecule has 1 unspecified atom stereocenters. The molecule has 0 aromatic heterocycles. The number of hydrogen-bond donors (Lipinski definition) is 1. The Hall–Kier alpha value is -2.28. The summed E-state index contributed by atoms with van der Waals surface area (Å²) in [6, 6.07) is 11.1. The van der Waals surface area contributed by atoms with Gasteiger partial charge in [-0.1, -0.05) is 30.3 Å². The largest absolute Gasteiger partial charge is 0.400 e. The minimum absolute atomic E-state index is 0.0665. The van der Waals surface area contributed by atoms with Gasteiger partial charge in [0.2, 0.25) is 0 Å². The highest BCUT2D eigenvalue weighted by Crippen LogP contribution is 2.29. The number of nitriles is 1. The standard InChI is InChI=1S/C13H13N3O/c1-9-12(15)11(10-5-3-2-4-6-10)13(17)16(9)8-7-14/h2-6,9H,8,15H2,1H3. The predicted molar refractivity (Wildman–Crippen MR) is 64.3 cm³/mol. The van der Waals surface area contributed by atoms with Crippen molar-refractivity contribution in [2.24, 2.45) is 5.73 Å². The normalized spacial score (nSPS) is 19.6. The van der Waals surface area contributed by atoms with Crippen LogP contribution < -0.4 is 5.73 Å². The number of rotatable bonds is 2. The van der Waals surface area contributed by atoms with Gasteiger partial charge in [0.25, 0.3) is 5.91 Å². The van der Waals surface area contributed by atoms with Gasteiger partial charge in [-0.15, -0.1) is 0 Å². The second-order valence-electron chi connectivity index (χ2n) is 3.96. The maximum absolute atomic E-state index is 12.2. The van der Waals surface area contributed by atoms with Crippen LogP contribution in [-0.2, 0) is 4.79 Å². The number of amides is 1. The van der Waals surface area contributed by atoms with E-state index in [0.29, 0.717) is 11.3 Å². The maximum atomic E-state index is 12.2. The van der Waals surface area contributed by atoms with E-state index in [-0.39, 0.29) is 18.5 Å². The average molecular weight is 227 g/mol. The molecule has 0 bridgehead atoms. The molecule has 2 N–H and O–H groups in total. The summed E-state index contributed by atoms with van der Waals surface area (Å²) in [7, 11) is 0. The number of benzene rings is 1. The van der Waals surface area contributed by atoms with Crippen LogP contribution in [0.2, 0.25) is 0 Å². The molecule has 0 fully saturated rings. The summed E-state index contributed by atoms with van der Waals surface area (Å²) in [6.45, 7) is 1.90. The van der Waals surface area contributed by atoms with Crippen molar-refractivity contribution in [3.05, 3.63) is 41.6 Å². The third kappa shape index (κ3) is 1.76. The van der Waals surface area contributed by atoms with Crippen molar-refractivity contribution in [2.75, 3.05) is 6.54 Å². The lowest BCUT2D eigenvalue weighted by Gasteiger charge is -2.18. The summed E-state index contributed by atoms with van der Waals surface area (Å²) in [6.07, 6.45) is 0. The molecule has 2 rings (SSSR count). The molecule has 4 heteroatoms. The van der Waals surface area contributed by atoms with E-state index in [1.165, 1.54) is 4.90 Å². The summed E-state index contributed by atoms with van der Waals surface area (Å²) >= 11 is 0. The van der Waals surface area contributed by atoms with Gasteiger partial charge in [0.1, 0.15) is 6.54 Å². The first-order chi connectivity index (χ1) is 8.16. The lowest BCUT2D eigenvalue weighted by molar-refractivity contribution is -0.124. The first-order valence-electron chi connectivity index (χ1n) is 5.39. The molecule has 0 spiro atoms. The number of carbonyl (C=O) groups excluding carboxylic acids is 1. The summed E-state index contributed by atoms with van der Waals surface area (Å²) in [5.74, 6) is -0.164. The maximum Gasteiger partial charge on any atom is 0.257 e. The lowest BCUT2D eigenvalue weighted by atomic mass is 10.0. The van der Waals surface area contributed by atoms with Crippen molar-refractivity contribution in [3.8, 4) is 6.07 Å². The summed E-state index contributed by atoms with van der Waals surface area (Å²) in [5.41, 5.74) is 7.84. The molecule has 1 aliphatic heterocycles. The Labute approximate surface area is 99.9 Å². The molecule has 1 amide bonds. The minimum atomic E-state index is -0.211. The Balaban J connectivity index is 2.42. The van der Waals surface area contributed by atoms with Gasteiger partial charge in [0.05, 0.1) is 17.7 Å². The van der Waals surface area contributed by atoms with Crippen LogP contribution in [0.3, 0.4) is 0 Å². The number of carbonyl (C=O) groups is 1. The van der Waals surface area contributed by atoms with Crippen molar-refractivity contribution in [2.45, 2.75) is 13.0 Å². The monoisotopic (exact) mass is 227 g/mol. The van der Waals surface area contributed by atoms with Gasteiger partial charge >= 0.3 is 0 Å². The molecular weight excluding hydrogens is 214 g/mol. The Kier molecular flexibility index (Phi) is 2.84. The van der Waals surface area contributed by atoms with Crippen molar-refractivity contribution in [3.63, 3.8) is 0 Å². The topological polar surface area (TPSA) is 70.1 Å². The van der Waals surface area contributed by atoms with E-state index < -0.39 is 0 Å². The van der Waals surface area contributed by atoms with E-state index in [9.17, 15) is 4.79 Å². The van der Waals surface area contributed by atoms with Crippen LogP contribution in [0.5, 0.6) is 0 Å². The molecule has 4 nitrogen and oxygen atoms in total. The number of nitrogens with two attached hydrogens (primary N) is 1. The Bertz CT molecular complexity index is 513. The van der Waals surface area contributed by atoms with Crippen LogP contribution in [0.15, 0.2) is 36.0 Å². The lowest BCUT2D eigenvalue weighted by Crippen LogP contribution is -2.34. The quantitative estimate of drug-likeness (QED) is 0.769. The highest BCUT2D eigenvalue weighted by Gasteiger charge is 2.35. The van der Waals surface area contributed by atoms with E-state index in [2.05, 4.69) is 0 Å². The van der Waals surface area contributed by atoms with E-state index in [0.717, 1.165) is 5.56 Å². The molecule has 1 atom stereocenters. The zero-order valence-corrected chi connectivity index (χ0v) is 9.55. The van der Waals surface area contributed by atoms with Crippen LogP contribution in [0.25, 0.3) is 5.57 Å². The van der Waals surface area contributed by atoms with Crippen molar-refractivity contribution >= 4 is 11.5 Å². The van der Waals surface area contributed by atoms with Gasteiger partial charge in [0, 0.05) is 5.70 Å². The van der Waals surface area contributed by atoms with Crippen molar-refractivity contribution in [1.29, 1.82) is 5.26 Å². The smallest absolute Gasteiger partial charge is 0.257 e. The van der Waals surface area contributed by atoms with Crippen molar-refractivity contribution < 1.29 is 4.79 Å². The van der Waals surface area contributed by atoms with Crippen molar-refractivity contribution in [1.82, 2.24) is 4.90 Å². The van der Waals surface area contributed by atoms with Crippen LogP contribution in [0, 0.1) is 11.3 Å². The molecular formula is C13H13N3O. The molecule has 1 aromatic carbocycles. The molecule has 0 aliphatic carbocycles. The van der Waals surface area contributed by atoms with E-state index in [1.54, 1.807) is 0 Å². The van der Waals surface area contributed by atoms with Gasteiger partial charge in [0.15, 0.2) is 0 Å². The summed E-state index contributed by atoms with van der Waals surface area (Å²) < 4.78 is 0. The minimum Gasteiger partial charge on any atom is -0.400 e. The highest BCUT2D eigenvalue weighted by atomic mass is 16.2. The first-order valence-corrected chi connectivity index (χ1v) is 5.39. The Morgan fingerprint density at radius 2 is 2.06 bits per heavy atom. The second-order valence-corrected chi connectivity index (χ2v) is 3.96. The van der Waals surface area contributed by atoms with Crippen LogP contribution in [0.4, 0.5) is 0 Å². The summed E-state index contributed by atoms with van der Waals surface area (Å²) in [5, 5.41) is 8.70. The van der Waals surface area contributed by atoms with Gasteiger partial charge < -0.3 is 10.6 Å². The van der Waals surface area contributed by atoms with E-state index in [1.807, 2.05) is 43.3 Å². The van der Waals surface area contributed by atoms with Gasteiger partial charge in [-0.05, 0) is 12.5 Å². The zero-order valence-electron chi connectivity index (χ0n) is 9.55. The fourth-order valence-corrected chi connectivity index (χ4v) is 2.00. The fourth-order valence-electron chi connectivity index (χ4n) is 2.00. The van der Waals surface area contributed by atoms with Crippen LogP contribution >= 0.6 is 0 Å². The van der Waals surface area contributed by atoms with Gasteiger partial charge in [-0.25, -0.2) is 0 Å². The zero-order chi connectivity index (χ0) is 12.4. The predicted octanol–water partition coefficient (Wildman–Crippen LogP) is 1.11. The third-order valence-electron chi connectivity index (χ3n) is 2.98. The number of nitrogens with zero attached hydrogens (tertiary/aromatic N) is 2. The van der Waals surface area contributed by atoms with E-state index >= 15 is 0 Å².